The van der Waals surface area contributed by atoms with E-state index >= 15 is 0 Å². The minimum Gasteiger partial charge on any atom is -0.493 e. The zero-order valence-corrected chi connectivity index (χ0v) is 22.1. The fourth-order valence-electron chi connectivity index (χ4n) is 5.63. The predicted molar refractivity (Wildman–Crippen MR) is 141 cm³/mol. The molecule has 0 N–H and O–H groups in total. The van der Waals surface area contributed by atoms with Crippen molar-refractivity contribution in [3.05, 3.63) is 65.0 Å². The third-order valence-electron chi connectivity index (χ3n) is 7.41. The summed E-state index contributed by atoms with van der Waals surface area (Å²) in [7, 11) is 3.30. The molecular weight excluding hydrogens is 472 g/mol. The number of hydrogen-bond acceptors (Lipinski definition) is 6. The van der Waals surface area contributed by atoms with Gasteiger partial charge in [0.2, 0.25) is 5.91 Å². The molecule has 1 saturated carbocycles. The fourth-order valence-corrected chi connectivity index (χ4v) is 6.56. The lowest BCUT2D eigenvalue weighted by Crippen LogP contribution is -2.41. The van der Waals surface area contributed by atoms with Crippen molar-refractivity contribution < 1.29 is 14.3 Å². The summed E-state index contributed by atoms with van der Waals surface area (Å²) in [6, 6.07) is 14.6. The second-order valence-corrected chi connectivity index (χ2v) is 10.5. The van der Waals surface area contributed by atoms with Crippen molar-refractivity contribution in [3.63, 3.8) is 0 Å². The van der Waals surface area contributed by atoms with Gasteiger partial charge in [0.15, 0.2) is 16.7 Å². The molecular formula is C28H34N4O3S. The number of hydrogen-bond donors (Lipinski definition) is 0. The number of carbonyl (C=O) groups is 1. The molecule has 0 bridgehead atoms. The van der Waals surface area contributed by atoms with Crippen LogP contribution in [0.2, 0.25) is 0 Å². The highest BCUT2D eigenvalue weighted by molar-refractivity contribution is 7.99. The van der Waals surface area contributed by atoms with Gasteiger partial charge in [-0.05, 0) is 55.0 Å². The van der Waals surface area contributed by atoms with E-state index in [-0.39, 0.29) is 11.9 Å². The van der Waals surface area contributed by atoms with Gasteiger partial charge in [0.05, 0.1) is 26.0 Å². The molecule has 1 fully saturated rings. The van der Waals surface area contributed by atoms with Crippen LogP contribution in [-0.4, -0.2) is 52.1 Å². The topological polar surface area (TPSA) is 69.5 Å². The highest BCUT2D eigenvalue weighted by Crippen LogP contribution is 2.41. The molecule has 2 aliphatic rings. The summed E-state index contributed by atoms with van der Waals surface area (Å²) in [6.45, 7) is 2.66. The first kappa shape index (κ1) is 24.7. The second kappa shape index (κ2) is 10.9. The number of aryl methyl sites for hydroxylation is 1. The molecule has 7 nitrogen and oxygen atoms in total. The molecule has 1 aliphatic carbocycles. The normalized spacial score (nSPS) is 18.1. The van der Waals surface area contributed by atoms with Gasteiger partial charge in [-0.1, -0.05) is 61.4 Å². The molecule has 0 spiro atoms. The molecule has 3 aromatic rings. The van der Waals surface area contributed by atoms with Crippen LogP contribution in [0.15, 0.2) is 47.6 Å². The minimum absolute atomic E-state index is 0.102. The zero-order chi connectivity index (χ0) is 25.1. The molecule has 1 amide bonds. The van der Waals surface area contributed by atoms with Crippen LogP contribution in [0.3, 0.4) is 0 Å². The Morgan fingerprint density at radius 3 is 2.47 bits per heavy atom. The number of amides is 1. The number of aromatic nitrogens is 3. The summed E-state index contributed by atoms with van der Waals surface area (Å²) in [5.74, 6) is 2.77. The van der Waals surface area contributed by atoms with Crippen molar-refractivity contribution in [1.82, 2.24) is 19.7 Å². The Bertz CT molecular complexity index is 1210. The first-order valence-corrected chi connectivity index (χ1v) is 13.7. The summed E-state index contributed by atoms with van der Waals surface area (Å²) in [5, 5.41) is 9.64. The maximum absolute atomic E-state index is 13.7. The lowest BCUT2D eigenvalue weighted by atomic mass is 9.87. The number of rotatable bonds is 7. The second-order valence-electron chi connectivity index (χ2n) is 9.54. The summed E-state index contributed by atoms with van der Waals surface area (Å²) in [4.78, 5) is 15.7. The van der Waals surface area contributed by atoms with E-state index in [9.17, 15) is 4.79 Å². The monoisotopic (exact) mass is 506 g/mol. The van der Waals surface area contributed by atoms with E-state index < -0.39 is 0 Å². The lowest BCUT2D eigenvalue weighted by Gasteiger charge is -2.38. The highest BCUT2D eigenvalue weighted by Gasteiger charge is 2.33. The van der Waals surface area contributed by atoms with Gasteiger partial charge >= 0.3 is 0 Å². The minimum atomic E-state index is -0.180. The van der Waals surface area contributed by atoms with E-state index in [4.69, 9.17) is 9.47 Å². The average Bonchev–Trinajstić information content (AvgIpc) is 3.31. The van der Waals surface area contributed by atoms with Gasteiger partial charge in [-0.25, -0.2) is 0 Å². The van der Waals surface area contributed by atoms with Crippen LogP contribution in [-0.2, 0) is 11.2 Å². The van der Waals surface area contributed by atoms with Gasteiger partial charge < -0.3 is 18.9 Å². The molecule has 8 heteroatoms. The number of ether oxygens (including phenoxy) is 2. The molecule has 1 aromatic heterocycles. The largest absolute Gasteiger partial charge is 0.493 e. The van der Waals surface area contributed by atoms with Crippen LogP contribution in [0.25, 0.3) is 0 Å². The van der Waals surface area contributed by atoms with Gasteiger partial charge in [0.1, 0.15) is 5.82 Å². The van der Waals surface area contributed by atoms with E-state index in [1.165, 1.54) is 36.6 Å². The SMILES string of the molecule is COc1cc2c(cc1OC)[C@@H](c1ccccc1)N(C(=O)CSc1nnc(C)n1C1CCCCC1)CC2. The number of thioether (sulfide) groups is 1. The van der Waals surface area contributed by atoms with Gasteiger partial charge in [-0.2, -0.15) is 0 Å². The quantitative estimate of drug-likeness (QED) is 0.401. The smallest absolute Gasteiger partial charge is 0.233 e. The van der Waals surface area contributed by atoms with Crippen LogP contribution < -0.4 is 9.47 Å². The van der Waals surface area contributed by atoms with Crippen molar-refractivity contribution in [1.29, 1.82) is 0 Å². The molecule has 5 rings (SSSR count). The van der Waals surface area contributed by atoms with Crippen LogP contribution in [0.1, 0.15) is 66.7 Å². The summed E-state index contributed by atoms with van der Waals surface area (Å²) >= 11 is 1.51. The first-order valence-electron chi connectivity index (χ1n) is 12.7. The third kappa shape index (κ3) is 4.83. The Labute approximate surface area is 217 Å². The van der Waals surface area contributed by atoms with Gasteiger partial charge in [0.25, 0.3) is 0 Å². The Morgan fingerprint density at radius 2 is 1.75 bits per heavy atom. The molecule has 1 aliphatic heterocycles. The number of fused-ring (bicyclic) bond motifs is 1. The molecule has 0 saturated heterocycles. The predicted octanol–water partition coefficient (Wildman–Crippen LogP) is 5.38. The van der Waals surface area contributed by atoms with E-state index in [1.54, 1.807) is 14.2 Å². The molecule has 0 radical (unpaired) electrons. The molecule has 2 aromatic carbocycles. The number of benzene rings is 2. The van der Waals surface area contributed by atoms with Crippen molar-refractivity contribution in [2.75, 3.05) is 26.5 Å². The van der Waals surface area contributed by atoms with Crippen molar-refractivity contribution in [2.45, 2.75) is 62.7 Å². The zero-order valence-electron chi connectivity index (χ0n) is 21.3. The van der Waals surface area contributed by atoms with E-state index in [0.717, 1.165) is 47.1 Å². The van der Waals surface area contributed by atoms with Crippen molar-refractivity contribution in [3.8, 4) is 11.5 Å². The lowest BCUT2D eigenvalue weighted by molar-refractivity contribution is -0.130. The molecule has 190 valence electrons. The van der Waals surface area contributed by atoms with Crippen LogP contribution >= 0.6 is 11.8 Å². The van der Waals surface area contributed by atoms with E-state index in [1.807, 2.05) is 36.1 Å². The van der Waals surface area contributed by atoms with Crippen molar-refractivity contribution >= 4 is 17.7 Å². The summed E-state index contributed by atoms with van der Waals surface area (Å²) < 4.78 is 13.4. The Morgan fingerprint density at radius 1 is 1.03 bits per heavy atom. The number of methoxy groups -OCH3 is 2. The standard InChI is InChI=1S/C28H34N4O3S/c1-19-29-30-28(32(19)22-12-8-5-9-13-22)36-18-26(33)31-15-14-21-16-24(34-2)25(35-3)17-23(21)27(31)20-10-6-4-7-11-20/h4,6-7,10-11,16-17,22,27H,5,8-9,12-15,18H2,1-3H3/t27-/m1/s1. The Hall–Kier alpha value is -3.00. The Kier molecular flexibility index (Phi) is 7.51. The van der Waals surface area contributed by atoms with Crippen molar-refractivity contribution in [2.24, 2.45) is 0 Å². The molecule has 36 heavy (non-hydrogen) atoms. The maximum Gasteiger partial charge on any atom is 0.233 e. The molecule has 0 unspecified atom stereocenters. The van der Waals surface area contributed by atoms with Crippen LogP contribution in [0, 0.1) is 6.92 Å². The Balaban J connectivity index is 1.41. The fraction of sp³-hybridized carbons (Fsp3) is 0.464. The summed E-state index contributed by atoms with van der Waals surface area (Å²) in [5.41, 5.74) is 3.36. The van der Waals surface area contributed by atoms with E-state index in [2.05, 4.69) is 33.0 Å². The van der Waals surface area contributed by atoms with E-state index in [0.29, 0.717) is 24.1 Å². The third-order valence-corrected chi connectivity index (χ3v) is 8.34. The average molecular weight is 507 g/mol. The highest BCUT2D eigenvalue weighted by atomic mass is 32.2. The van der Waals surface area contributed by atoms with Crippen LogP contribution in [0.5, 0.6) is 11.5 Å². The van der Waals surface area contributed by atoms with Gasteiger partial charge in [-0.3, -0.25) is 4.79 Å². The maximum atomic E-state index is 13.7. The van der Waals surface area contributed by atoms with Gasteiger partial charge in [0, 0.05) is 12.6 Å². The number of nitrogens with zero attached hydrogens (tertiary/aromatic N) is 4. The van der Waals surface area contributed by atoms with Gasteiger partial charge in [-0.15, -0.1) is 10.2 Å². The molecule has 2 heterocycles. The number of carbonyl (C=O) groups excluding carboxylic acids is 1. The summed E-state index contributed by atoms with van der Waals surface area (Å²) in [6.07, 6.45) is 6.87. The van der Waals surface area contributed by atoms with Crippen LogP contribution in [0.4, 0.5) is 0 Å². The molecule has 1 atom stereocenters. The first-order chi connectivity index (χ1) is 17.6.